The van der Waals surface area contributed by atoms with Gasteiger partial charge in [0.2, 0.25) is 0 Å². The summed E-state index contributed by atoms with van der Waals surface area (Å²) in [6.07, 6.45) is 2.40. The van der Waals surface area contributed by atoms with Crippen molar-refractivity contribution in [2.45, 2.75) is 49.8 Å². The fourth-order valence-electron chi connectivity index (χ4n) is 1.78. The average molecular weight is 316 g/mol. The molecule has 0 fully saturated rings. The van der Waals surface area contributed by atoms with Crippen molar-refractivity contribution in [2.24, 2.45) is 0 Å². The summed E-state index contributed by atoms with van der Waals surface area (Å²) < 4.78 is 1.20. The quantitative estimate of drug-likeness (QED) is 0.731. The van der Waals surface area contributed by atoms with Crippen molar-refractivity contribution in [3.05, 3.63) is 28.7 Å². The maximum absolute atomic E-state index is 3.60. The minimum atomic E-state index is 0.597. The van der Waals surface area contributed by atoms with Gasteiger partial charge in [-0.3, -0.25) is 0 Å². The van der Waals surface area contributed by atoms with Gasteiger partial charge in [-0.05, 0) is 54.4 Å². The molecular weight excluding hydrogens is 294 g/mol. The first-order chi connectivity index (χ1) is 8.13. The lowest BCUT2D eigenvalue weighted by atomic mass is 10.2. The number of hydrogen-bond acceptors (Lipinski definition) is 2. The zero-order valence-corrected chi connectivity index (χ0v) is 13.3. The Kier molecular flexibility index (Phi) is 7.24. The predicted molar refractivity (Wildman–Crippen MR) is 81.8 cm³/mol. The Morgan fingerprint density at radius 3 is 2.65 bits per heavy atom. The van der Waals surface area contributed by atoms with E-state index in [4.69, 9.17) is 0 Å². The molecule has 0 aliphatic heterocycles. The molecule has 0 heterocycles. The van der Waals surface area contributed by atoms with Gasteiger partial charge in [0, 0.05) is 20.7 Å². The van der Waals surface area contributed by atoms with Crippen molar-refractivity contribution >= 4 is 27.7 Å². The van der Waals surface area contributed by atoms with Gasteiger partial charge in [-0.25, -0.2) is 0 Å². The number of nitrogens with one attached hydrogen (secondary N) is 1. The summed E-state index contributed by atoms with van der Waals surface area (Å²) in [5.74, 6) is 0. The topological polar surface area (TPSA) is 12.0 Å². The van der Waals surface area contributed by atoms with Gasteiger partial charge in [0.15, 0.2) is 0 Å². The first-order valence-corrected chi connectivity index (χ1v) is 7.95. The third-order valence-corrected chi connectivity index (χ3v) is 4.75. The van der Waals surface area contributed by atoms with E-state index in [9.17, 15) is 0 Å². The van der Waals surface area contributed by atoms with Crippen LogP contribution in [0.2, 0.25) is 0 Å². The van der Waals surface area contributed by atoms with E-state index in [1.807, 2.05) is 11.8 Å². The molecule has 0 spiro atoms. The van der Waals surface area contributed by atoms with E-state index >= 15 is 0 Å². The minimum absolute atomic E-state index is 0.597. The molecule has 0 saturated heterocycles. The second-order valence-electron chi connectivity index (χ2n) is 4.45. The molecule has 0 radical (unpaired) electrons. The van der Waals surface area contributed by atoms with Crippen molar-refractivity contribution in [3.8, 4) is 0 Å². The highest BCUT2D eigenvalue weighted by atomic mass is 79.9. The Balaban J connectivity index is 2.39. The summed E-state index contributed by atoms with van der Waals surface area (Å²) in [5, 5.41) is 4.17. The largest absolute Gasteiger partial charge is 0.314 e. The highest BCUT2D eigenvalue weighted by molar-refractivity contribution is 9.10. The monoisotopic (exact) mass is 315 g/mol. The molecule has 1 N–H and O–H groups in total. The molecule has 1 rings (SSSR count). The molecule has 0 aromatic heterocycles. The van der Waals surface area contributed by atoms with Crippen LogP contribution in [0.3, 0.4) is 0 Å². The van der Waals surface area contributed by atoms with Gasteiger partial charge < -0.3 is 5.32 Å². The zero-order chi connectivity index (χ0) is 12.7. The molecular formula is C14H22BrNS. The van der Waals surface area contributed by atoms with Crippen LogP contribution >= 0.6 is 27.7 Å². The second-order valence-corrected chi connectivity index (χ2v) is 6.78. The number of rotatable bonds is 7. The summed E-state index contributed by atoms with van der Waals surface area (Å²) in [5.41, 5.74) is 0. The Hall–Kier alpha value is 0.01000. The maximum Gasteiger partial charge on any atom is 0.0311 e. The normalized spacial score (nSPS) is 14.6. The summed E-state index contributed by atoms with van der Waals surface area (Å²) in [7, 11) is 0. The predicted octanol–water partition coefficient (Wildman–Crippen LogP) is 4.71. The molecule has 96 valence electrons. The van der Waals surface area contributed by atoms with Crippen molar-refractivity contribution < 1.29 is 0 Å². The van der Waals surface area contributed by atoms with E-state index in [0.29, 0.717) is 11.3 Å². The van der Waals surface area contributed by atoms with Gasteiger partial charge in [0.05, 0.1) is 0 Å². The van der Waals surface area contributed by atoms with E-state index in [-0.39, 0.29) is 0 Å². The Bertz CT molecular complexity index is 330. The number of benzene rings is 1. The molecule has 0 bridgehead atoms. The molecule has 2 unspecified atom stereocenters. The molecule has 0 saturated carbocycles. The lowest BCUT2D eigenvalue weighted by molar-refractivity contribution is 0.513. The van der Waals surface area contributed by atoms with Gasteiger partial charge >= 0.3 is 0 Å². The van der Waals surface area contributed by atoms with Crippen molar-refractivity contribution in [1.82, 2.24) is 5.32 Å². The van der Waals surface area contributed by atoms with E-state index in [0.717, 1.165) is 6.54 Å². The van der Waals surface area contributed by atoms with Crippen molar-refractivity contribution in [3.63, 3.8) is 0 Å². The Morgan fingerprint density at radius 2 is 2.00 bits per heavy atom. The maximum atomic E-state index is 3.60. The second kappa shape index (κ2) is 8.17. The third-order valence-electron chi connectivity index (χ3n) is 2.59. The first kappa shape index (κ1) is 15.1. The minimum Gasteiger partial charge on any atom is -0.314 e. The highest BCUT2D eigenvalue weighted by Crippen LogP contribution is 2.31. The lowest BCUT2D eigenvalue weighted by Crippen LogP contribution is -2.29. The van der Waals surface area contributed by atoms with Crippen LogP contribution < -0.4 is 5.32 Å². The Labute approximate surface area is 118 Å². The molecule has 17 heavy (non-hydrogen) atoms. The van der Waals surface area contributed by atoms with Crippen molar-refractivity contribution in [1.29, 1.82) is 0 Å². The number of hydrogen-bond donors (Lipinski definition) is 1. The first-order valence-electron chi connectivity index (χ1n) is 6.28. The van der Waals surface area contributed by atoms with E-state index in [1.165, 1.54) is 22.2 Å². The fourth-order valence-corrected chi connectivity index (χ4v) is 3.50. The number of thioether (sulfide) groups is 1. The average Bonchev–Trinajstić information content (AvgIpc) is 2.29. The summed E-state index contributed by atoms with van der Waals surface area (Å²) >= 11 is 5.54. The smallest absolute Gasteiger partial charge is 0.0311 e. The van der Waals surface area contributed by atoms with Crippen LogP contribution in [0.1, 0.15) is 33.6 Å². The van der Waals surface area contributed by atoms with E-state index in [2.05, 4.69) is 66.3 Å². The third kappa shape index (κ3) is 5.94. The highest BCUT2D eigenvalue weighted by Gasteiger charge is 2.10. The van der Waals surface area contributed by atoms with Crippen LogP contribution in [-0.4, -0.2) is 17.8 Å². The molecule has 1 aromatic rings. The molecule has 3 heteroatoms. The molecule has 1 aromatic carbocycles. The van der Waals surface area contributed by atoms with Crippen LogP contribution in [0.5, 0.6) is 0 Å². The number of halogens is 1. The fraction of sp³-hybridized carbons (Fsp3) is 0.571. The van der Waals surface area contributed by atoms with Gasteiger partial charge in [-0.2, -0.15) is 0 Å². The van der Waals surface area contributed by atoms with Crippen LogP contribution in [-0.2, 0) is 0 Å². The van der Waals surface area contributed by atoms with Crippen LogP contribution in [0.15, 0.2) is 33.6 Å². The van der Waals surface area contributed by atoms with Crippen LogP contribution in [0, 0.1) is 0 Å². The SMILES string of the molecule is CCCNC(C)CC(C)Sc1ccccc1Br. The van der Waals surface area contributed by atoms with Gasteiger partial charge in [-0.1, -0.05) is 26.0 Å². The zero-order valence-electron chi connectivity index (χ0n) is 10.9. The van der Waals surface area contributed by atoms with E-state index < -0.39 is 0 Å². The van der Waals surface area contributed by atoms with Gasteiger partial charge in [0.1, 0.15) is 0 Å². The van der Waals surface area contributed by atoms with Crippen LogP contribution in [0.25, 0.3) is 0 Å². The molecule has 2 atom stereocenters. The van der Waals surface area contributed by atoms with Crippen LogP contribution in [0.4, 0.5) is 0 Å². The van der Waals surface area contributed by atoms with E-state index in [1.54, 1.807) is 0 Å². The summed E-state index contributed by atoms with van der Waals surface area (Å²) in [6, 6.07) is 9.03. The summed E-state index contributed by atoms with van der Waals surface area (Å²) in [6.45, 7) is 7.90. The molecule has 0 amide bonds. The summed E-state index contributed by atoms with van der Waals surface area (Å²) in [4.78, 5) is 1.34. The molecule has 0 aliphatic carbocycles. The molecule has 0 aliphatic rings. The van der Waals surface area contributed by atoms with Gasteiger partial charge in [0.25, 0.3) is 0 Å². The van der Waals surface area contributed by atoms with Crippen molar-refractivity contribution in [2.75, 3.05) is 6.54 Å². The Morgan fingerprint density at radius 1 is 1.29 bits per heavy atom. The lowest BCUT2D eigenvalue weighted by Gasteiger charge is -2.18. The molecule has 1 nitrogen and oxygen atoms in total. The van der Waals surface area contributed by atoms with Gasteiger partial charge in [-0.15, -0.1) is 11.8 Å². The standard InChI is InChI=1S/C14H22BrNS/c1-4-9-16-11(2)10-12(3)17-14-8-6-5-7-13(14)15/h5-8,11-12,16H,4,9-10H2,1-3H3.